The molecule has 0 radical (unpaired) electrons. The fourth-order valence-electron chi connectivity index (χ4n) is 4.40. The third-order valence-corrected chi connectivity index (χ3v) is 6.04. The number of nitrogens with one attached hydrogen (secondary N) is 1. The van der Waals surface area contributed by atoms with Crippen molar-refractivity contribution in [3.63, 3.8) is 0 Å². The maximum atomic E-state index is 13.0. The van der Waals surface area contributed by atoms with E-state index in [0.717, 1.165) is 4.57 Å². The molecule has 0 spiro atoms. The lowest BCUT2D eigenvalue weighted by Crippen LogP contribution is -2.51. The topological polar surface area (TPSA) is 175 Å². The van der Waals surface area contributed by atoms with Crippen LogP contribution in [0, 0.1) is 11.8 Å². The van der Waals surface area contributed by atoms with Gasteiger partial charge in [-0.15, -0.1) is 0 Å². The lowest BCUT2D eigenvalue weighted by Gasteiger charge is -2.28. The predicted molar refractivity (Wildman–Crippen MR) is 115 cm³/mol. The number of aliphatic hydroxyl groups is 2. The summed E-state index contributed by atoms with van der Waals surface area (Å²) in [7, 11) is 0. The van der Waals surface area contributed by atoms with E-state index in [1.807, 2.05) is 0 Å². The molecule has 0 bridgehead atoms. The van der Waals surface area contributed by atoms with E-state index in [9.17, 15) is 24.6 Å². The number of nitrogen functional groups attached to an aromatic ring is 1. The Labute approximate surface area is 191 Å². The van der Waals surface area contributed by atoms with Crippen LogP contribution < -0.4 is 16.7 Å². The third-order valence-electron chi connectivity index (χ3n) is 6.04. The number of hydrogen-bond acceptors (Lipinski definition) is 10. The Morgan fingerprint density at radius 3 is 2.55 bits per heavy atom. The number of fused-ring (bicyclic) bond motifs is 1. The van der Waals surface area contributed by atoms with E-state index in [4.69, 9.17) is 19.9 Å². The second-order valence-electron chi connectivity index (χ2n) is 9.81. The minimum Gasteiger partial charge on any atom is -0.455 e. The molecule has 6 atom stereocenters. The number of aliphatic hydroxyl groups excluding tert-OH is 1. The Hall–Kier alpha value is -2.70. The largest absolute Gasteiger partial charge is 0.455 e. The van der Waals surface area contributed by atoms with E-state index >= 15 is 0 Å². The van der Waals surface area contributed by atoms with Crippen LogP contribution in [0.25, 0.3) is 0 Å². The second-order valence-corrected chi connectivity index (χ2v) is 9.81. The van der Waals surface area contributed by atoms with Crippen LogP contribution in [0.5, 0.6) is 0 Å². The van der Waals surface area contributed by atoms with Crippen molar-refractivity contribution in [2.24, 2.45) is 11.8 Å². The summed E-state index contributed by atoms with van der Waals surface area (Å²) in [6.45, 7) is 9.51. The van der Waals surface area contributed by atoms with Crippen molar-refractivity contribution < 1.29 is 34.0 Å². The summed E-state index contributed by atoms with van der Waals surface area (Å²) in [4.78, 5) is 41.4. The van der Waals surface area contributed by atoms with Crippen molar-refractivity contribution >= 4 is 17.9 Å². The molecule has 1 amide bonds. The van der Waals surface area contributed by atoms with Crippen LogP contribution in [0.2, 0.25) is 0 Å². The van der Waals surface area contributed by atoms with Gasteiger partial charge in [0.2, 0.25) is 0 Å². The third kappa shape index (κ3) is 4.06. The predicted octanol–water partition coefficient (Wildman–Crippen LogP) is -0.289. The van der Waals surface area contributed by atoms with Gasteiger partial charge in [-0.3, -0.25) is 4.57 Å². The monoisotopic (exact) mass is 468 g/mol. The summed E-state index contributed by atoms with van der Waals surface area (Å²) in [5.74, 6) is -1.89. The zero-order valence-electron chi connectivity index (χ0n) is 19.6. The van der Waals surface area contributed by atoms with Gasteiger partial charge in [-0.05, 0) is 32.8 Å². The molecule has 0 aromatic carbocycles. The zero-order valence-corrected chi connectivity index (χ0v) is 19.6. The standard InChI is InChI=1S/C21H32N4O8/c1-10(2)14(24-18(29)33-19(4,5)6)16(27)31-15-12(9-26)32-21(11(3)20(15,21)30)25-8-7-13(22)23-17(25)28/h7-8,10-12,14-15,26,30H,9H2,1-6H3,(H,24,29)(H2,22,23,28)/t11?,12-,14?,15?,20?,21?/m1/s1. The number of alkyl carbamates (subject to hydrolysis) is 1. The van der Waals surface area contributed by atoms with Gasteiger partial charge in [0.25, 0.3) is 0 Å². The first-order chi connectivity index (χ1) is 15.2. The van der Waals surface area contributed by atoms with Gasteiger partial charge in [0.05, 0.1) is 6.61 Å². The number of carbonyl (C=O) groups excluding carboxylic acids is 2. The molecule has 12 heteroatoms. The van der Waals surface area contributed by atoms with Crippen LogP contribution in [-0.2, 0) is 24.7 Å². The van der Waals surface area contributed by atoms with Crippen LogP contribution in [0.4, 0.5) is 10.6 Å². The molecule has 1 saturated carbocycles. The highest BCUT2D eigenvalue weighted by molar-refractivity contribution is 5.82. The summed E-state index contributed by atoms with van der Waals surface area (Å²) in [5.41, 5.74) is 0.627. The average Bonchev–Trinajstić information content (AvgIpc) is 3.02. The lowest BCUT2D eigenvalue weighted by molar-refractivity contribution is -0.168. The number of anilines is 1. The molecule has 5 N–H and O–H groups in total. The number of nitrogens with zero attached hydrogens (tertiary/aromatic N) is 2. The molecular weight excluding hydrogens is 436 g/mol. The lowest BCUT2D eigenvalue weighted by atomic mass is 10.0. The van der Waals surface area contributed by atoms with Crippen molar-refractivity contribution in [1.29, 1.82) is 0 Å². The van der Waals surface area contributed by atoms with E-state index in [0.29, 0.717) is 0 Å². The Kier molecular flexibility index (Phi) is 6.24. The Morgan fingerprint density at radius 1 is 1.39 bits per heavy atom. The van der Waals surface area contributed by atoms with Gasteiger partial charge in [0, 0.05) is 12.1 Å². The number of hydrogen-bond donors (Lipinski definition) is 4. The summed E-state index contributed by atoms with van der Waals surface area (Å²) in [5, 5.41) is 23.8. The molecule has 5 unspecified atom stereocenters. The fraction of sp³-hybridized carbons (Fsp3) is 0.714. The molecule has 1 aliphatic heterocycles. The van der Waals surface area contributed by atoms with E-state index in [-0.39, 0.29) is 11.7 Å². The molecule has 2 heterocycles. The van der Waals surface area contributed by atoms with Crippen LogP contribution in [0.1, 0.15) is 41.5 Å². The first-order valence-electron chi connectivity index (χ1n) is 10.8. The van der Waals surface area contributed by atoms with Gasteiger partial charge in [-0.1, -0.05) is 20.8 Å². The summed E-state index contributed by atoms with van der Waals surface area (Å²) in [6, 6.07) is 0.283. The number of aromatic nitrogens is 2. The number of nitrogens with two attached hydrogens (primary N) is 1. The number of rotatable bonds is 6. The molecule has 3 rings (SSSR count). The van der Waals surface area contributed by atoms with Crippen molar-refractivity contribution in [3.05, 3.63) is 22.7 Å². The summed E-state index contributed by atoms with van der Waals surface area (Å²) >= 11 is 0. The molecule has 1 aliphatic carbocycles. The van der Waals surface area contributed by atoms with Gasteiger partial charge in [0.15, 0.2) is 17.4 Å². The van der Waals surface area contributed by atoms with Gasteiger partial charge in [-0.2, -0.15) is 4.98 Å². The molecule has 12 nitrogen and oxygen atoms in total. The molecule has 1 aromatic rings. The quantitative estimate of drug-likeness (QED) is 0.406. The highest BCUT2D eigenvalue weighted by atomic mass is 16.6. The minimum atomic E-state index is -1.81. The molecule has 184 valence electrons. The van der Waals surface area contributed by atoms with Crippen LogP contribution in [0.3, 0.4) is 0 Å². The normalized spacial score (nSPS) is 31.6. The van der Waals surface area contributed by atoms with Crippen LogP contribution >= 0.6 is 0 Å². The SMILES string of the molecule is CC(C)C(NC(=O)OC(C)(C)C)C(=O)OC1[C@@H](CO)OC2(n3ccc(N)nc3=O)C(C)C12O. The van der Waals surface area contributed by atoms with Gasteiger partial charge < -0.3 is 35.5 Å². The van der Waals surface area contributed by atoms with E-state index in [1.54, 1.807) is 41.5 Å². The van der Waals surface area contributed by atoms with Crippen molar-refractivity contribution in [2.45, 2.75) is 76.7 Å². The van der Waals surface area contributed by atoms with E-state index < -0.39 is 65.5 Å². The smallest absolute Gasteiger partial charge is 0.408 e. The molecular formula is C21H32N4O8. The summed E-state index contributed by atoms with van der Waals surface area (Å²) < 4.78 is 17.8. The Bertz CT molecular complexity index is 989. The second kappa shape index (κ2) is 8.26. The Morgan fingerprint density at radius 2 is 2.03 bits per heavy atom. The van der Waals surface area contributed by atoms with E-state index in [1.165, 1.54) is 12.3 Å². The fourth-order valence-corrected chi connectivity index (χ4v) is 4.40. The van der Waals surface area contributed by atoms with Gasteiger partial charge in [0.1, 0.15) is 23.6 Å². The molecule has 2 aliphatic rings. The number of ether oxygens (including phenoxy) is 3. The highest BCUT2D eigenvalue weighted by Gasteiger charge is 2.88. The number of carbonyl (C=O) groups is 2. The van der Waals surface area contributed by atoms with Crippen molar-refractivity contribution in [2.75, 3.05) is 12.3 Å². The summed E-state index contributed by atoms with van der Waals surface area (Å²) in [6.07, 6.45) is -1.89. The van der Waals surface area contributed by atoms with Crippen molar-refractivity contribution in [1.82, 2.24) is 14.9 Å². The zero-order chi connectivity index (χ0) is 24.9. The van der Waals surface area contributed by atoms with Crippen LogP contribution in [0.15, 0.2) is 17.1 Å². The molecule has 1 saturated heterocycles. The molecule has 2 fully saturated rings. The number of amides is 1. The van der Waals surface area contributed by atoms with Crippen LogP contribution in [-0.4, -0.2) is 67.9 Å². The minimum absolute atomic E-state index is 0.00262. The Balaban J connectivity index is 1.86. The van der Waals surface area contributed by atoms with Crippen molar-refractivity contribution in [3.8, 4) is 0 Å². The first-order valence-corrected chi connectivity index (χ1v) is 10.8. The average molecular weight is 469 g/mol. The first kappa shape index (κ1) is 24.9. The molecule has 33 heavy (non-hydrogen) atoms. The van der Waals surface area contributed by atoms with E-state index in [2.05, 4.69) is 10.3 Å². The maximum absolute atomic E-state index is 13.0. The number of esters is 1. The maximum Gasteiger partial charge on any atom is 0.408 e. The van der Waals surface area contributed by atoms with Gasteiger partial charge in [-0.25, -0.2) is 14.4 Å². The molecule has 1 aromatic heterocycles. The highest BCUT2D eigenvalue weighted by Crippen LogP contribution is 2.68. The van der Waals surface area contributed by atoms with Gasteiger partial charge >= 0.3 is 17.8 Å².